The van der Waals surface area contributed by atoms with Crippen LogP contribution in [-0.4, -0.2) is 91.7 Å². The van der Waals surface area contributed by atoms with Gasteiger partial charge >= 0.3 is 0 Å². The zero-order valence-electron chi connectivity index (χ0n) is 31.7. The van der Waals surface area contributed by atoms with Crippen LogP contribution < -0.4 is 0 Å². The molecule has 0 rings (SSSR count). The van der Waals surface area contributed by atoms with Crippen LogP contribution in [0.1, 0.15) is 156 Å². The largest absolute Gasteiger partial charge is 0.390 e. The predicted molar refractivity (Wildman–Crippen MR) is 180 cm³/mol. The van der Waals surface area contributed by atoms with E-state index in [4.69, 9.17) is 18.9 Å². The standard InChI is InChI=1S/C36H74O8/c1-17-35(16,42-21-19-29(4,5)38)25-36(23-33(12,13)43-26-30(6,7)39,24-34(14,15)44-27-31(8,9)40)22-32(10,11)41-20-18-28(2,3)37/h37-40H,17-27H2,1-16H3. The first-order valence-electron chi connectivity index (χ1n) is 16.7. The van der Waals surface area contributed by atoms with Gasteiger partial charge in [0.05, 0.1) is 71.2 Å². The quantitative estimate of drug-likeness (QED) is 0.0952. The molecule has 0 fully saturated rings. The van der Waals surface area contributed by atoms with Crippen molar-refractivity contribution in [3.05, 3.63) is 0 Å². The monoisotopic (exact) mass is 635 g/mol. The Morgan fingerprint density at radius 3 is 1.02 bits per heavy atom. The van der Waals surface area contributed by atoms with E-state index in [0.717, 1.165) is 6.42 Å². The van der Waals surface area contributed by atoms with E-state index < -0.39 is 50.2 Å². The van der Waals surface area contributed by atoms with Crippen molar-refractivity contribution in [2.24, 2.45) is 5.41 Å². The summed E-state index contributed by atoms with van der Waals surface area (Å²) in [5.74, 6) is 0. The maximum Gasteiger partial charge on any atom is 0.0824 e. The summed E-state index contributed by atoms with van der Waals surface area (Å²) >= 11 is 0. The van der Waals surface area contributed by atoms with Crippen LogP contribution in [0.5, 0.6) is 0 Å². The highest BCUT2D eigenvalue weighted by molar-refractivity contribution is 5.00. The molecule has 0 aliphatic rings. The zero-order valence-corrected chi connectivity index (χ0v) is 31.7. The lowest BCUT2D eigenvalue weighted by atomic mass is 9.61. The molecule has 0 radical (unpaired) electrons. The third-order valence-corrected chi connectivity index (χ3v) is 7.90. The molecule has 8 nitrogen and oxygen atoms in total. The summed E-state index contributed by atoms with van der Waals surface area (Å²) in [4.78, 5) is 0. The summed E-state index contributed by atoms with van der Waals surface area (Å²) in [7, 11) is 0. The van der Waals surface area contributed by atoms with Gasteiger partial charge in [0.1, 0.15) is 0 Å². The average Bonchev–Trinajstić information content (AvgIpc) is 2.72. The second-order valence-corrected chi connectivity index (χ2v) is 18.3. The molecule has 0 saturated heterocycles. The van der Waals surface area contributed by atoms with Gasteiger partial charge in [-0.2, -0.15) is 0 Å². The second-order valence-electron chi connectivity index (χ2n) is 18.3. The van der Waals surface area contributed by atoms with E-state index in [-0.39, 0.29) is 13.2 Å². The van der Waals surface area contributed by atoms with Crippen LogP contribution in [0.25, 0.3) is 0 Å². The summed E-state index contributed by atoms with van der Waals surface area (Å²) in [5.41, 5.74) is -6.37. The Labute approximate surface area is 271 Å². The third kappa shape index (κ3) is 21.5. The van der Waals surface area contributed by atoms with Crippen molar-refractivity contribution in [2.45, 2.75) is 201 Å². The molecule has 1 atom stereocenters. The van der Waals surface area contributed by atoms with E-state index >= 15 is 0 Å². The van der Waals surface area contributed by atoms with Crippen LogP contribution in [0.3, 0.4) is 0 Å². The summed E-state index contributed by atoms with van der Waals surface area (Å²) in [6.45, 7) is 32.1. The van der Waals surface area contributed by atoms with Crippen LogP contribution in [0.4, 0.5) is 0 Å². The first-order chi connectivity index (χ1) is 19.2. The van der Waals surface area contributed by atoms with Gasteiger partial charge in [-0.25, -0.2) is 0 Å². The van der Waals surface area contributed by atoms with Crippen molar-refractivity contribution < 1.29 is 39.4 Å². The lowest BCUT2D eigenvalue weighted by Gasteiger charge is -2.51. The Bertz CT molecular complexity index is 789. The van der Waals surface area contributed by atoms with Gasteiger partial charge in [-0.15, -0.1) is 0 Å². The molecular weight excluding hydrogens is 560 g/mol. The fourth-order valence-electron chi connectivity index (χ4n) is 6.18. The van der Waals surface area contributed by atoms with Crippen molar-refractivity contribution in [3.63, 3.8) is 0 Å². The van der Waals surface area contributed by atoms with E-state index in [1.807, 2.05) is 0 Å². The molecule has 0 aliphatic heterocycles. The Balaban J connectivity index is 6.87. The normalized spacial score (nSPS) is 16.4. The Morgan fingerprint density at radius 2 is 0.727 bits per heavy atom. The number of ether oxygens (including phenoxy) is 4. The van der Waals surface area contributed by atoms with Crippen molar-refractivity contribution in [3.8, 4) is 0 Å². The molecule has 1 unspecified atom stereocenters. The molecule has 266 valence electrons. The van der Waals surface area contributed by atoms with Gasteiger partial charge in [0.2, 0.25) is 0 Å². The summed E-state index contributed by atoms with van der Waals surface area (Å²) in [5, 5.41) is 41.7. The molecule has 0 bridgehead atoms. The molecule has 0 aromatic rings. The van der Waals surface area contributed by atoms with Crippen LogP contribution in [0.15, 0.2) is 0 Å². The van der Waals surface area contributed by atoms with E-state index in [1.165, 1.54) is 0 Å². The third-order valence-electron chi connectivity index (χ3n) is 7.90. The van der Waals surface area contributed by atoms with Crippen LogP contribution in [0.2, 0.25) is 0 Å². The highest BCUT2D eigenvalue weighted by atomic mass is 16.5. The van der Waals surface area contributed by atoms with Crippen LogP contribution in [-0.2, 0) is 18.9 Å². The predicted octanol–water partition coefficient (Wildman–Crippen LogP) is 6.97. The first-order valence-corrected chi connectivity index (χ1v) is 16.7. The maximum atomic E-state index is 10.5. The Morgan fingerprint density at radius 1 is 0.409 bits per heavy atom. The van der Waals surface area contributed by atoms with Gasteiger partial charge in [-0.05, 0) is 154 Å². The van der Waals surface area contributed by atoms with Gasteiger partial charge in [0.25, 0.3) is 0 Å². The second kappa shape index (κ2) is 15.7. The highest BCUT2D eigenvalue weighted by Gasteiger charge is 2.49. The molecule has 0 aromatic heterocycles. The van der Waals surface area contributed by atoms with E-state index in [0.29, 0.717) is 51.7 Å². The molecule has 8 heteroatoms. The zero-order chi connectivity index (χ0) is 35.1. The lowest BCUT2D eigenvalue weighted by molar-refractivity contribution is -0.168. The fourth-order valence-corrected chi connectivity index (χ4v) is 6.18. The SMILES string of the molecule is CCC(C)(CC(CC(C)(C)OCCC(C)(C)O)(CC(C)(C)OCC(C)(C)O)CC(C)(C)OCC(C)(C)O)OCCC(C)(C)O. The minimum Gasteiger partial charge on any atom is -0.390 e. The van der Waals surface area contributed by atoms with Crippen LogP contribution in [0, 0.1) is 5.41 Å². The van der Waals surface area contributed by atoms with Gasteiger partial charge < -0.3 is 39.4 Å². The number of aliphatic hydroxyl groups is 4. The molecule has 44 heavy (non-hydrogen) atoms. The number of hydrogen-bond donors (Lipinski definition) is 4. The van der Waals surface area contributed by atoms with E-state index in [2.05, 4.69) is 55.4 Å². The van der Waals surface area contributed by atoms with E-state index in [9.17, 15) is 20.4 Å². The molecule has 0 saturated carbocycles. The van der Waals surface area contributed by atoms with Gasteiger partial charge in [-0.3, -0.25) is 0 Å². The summed E-state index contributed by atoms with van der Waals surface area (Å²) in [6.07, 6.45) is 4.38. The summed E-state index contributed by atoms with van der Waals surface area (Å²) in [6, 6.07) is 0. The molecule has 0 aromatic carbocycles. The average molecular weight is 635 g/mol. The van der Waals surface area contributed by atoms with Crippen molar-refractivity contribution in [1.29, 1.82) is 0 Å². The molecule has 0 aliphatic carbocycles. The molecule has 4 N–H and O–H groups in total. The lowest BCUT2D eigenvalue weighted by Crippen LogP contribution is -2.50. The van der Waals surface area contributed by atoms with Crippen molar-refractivity contribution >= 4 is 0 Å². The number of hydrogen-bond acceptors (Lipinski definition) is 8. The molecule has 0 heterocycles. The topological polar surface area (TPSA) is 118 Å². The molecule has 0 spiro atoms. The minimum absolute atomic E-state index is 0.188. The van der Waals surface area contributed by atoms with Crippen molar-refractivity contribution in [1.82, 2.24) is 0 Å². The smallest absolute Gasteiger partial charge is 0.0824 e. The minimum atomic E-state index is -0.980. The number of rotatable bonds is 23. The fraction of sp³-hybridized carbons (Fsp3) is 1.00. The molecular formula is C36H74O8. The van der Waals surface area contributed by atoms with Gasteiger partial charge in [0.15, 0.2) is 0 Å². The maximum absolute atomic E-state index is 10.5. The van der Waals surface area contributed by atoms with Crippen LogP contribution >= 0.6 is 0 Å². The van der Waals surface area contributed by atoms with E-state index in [1.54, 1.807) is 55.4 Å². The van der Waals surface area contributed by atoms with Gasteiger partial charge in [0, 0.05) is 0 Å². The highest BCUT2D eigenvalue weighted by Crippen LogP contribution is 2.51. The summed E-state index contributed by atoms with van der Waals surface area (Å²) < 4.78 is 25.9. The van der Waals surface area contributed by atoms with Crippen molar-refractivity contribution in [2.75, 3.05) is 26.4 Å². The van der Waals surface area contributed by atoms with Gasteiger partial charge in [-0.1, -0.05) is 6.92 Å². The Hall–Kier alpha value is -0.320. The Kier molecular flexibility index (Phi) is 15.6. The first kappa shape index (κ1) is 43.7. The molecule has 0 amide bonds.